The zero-order valence-corrected chi connectivity index (χ0v) is 13.3. The quantitative estimate of drug-likeness (QED) is 0.677. The normalized spacial score (nSPS) is 12.8. The first-order valence-electron chi connectivity index (χ1n) is 6.41. The summed E-state index contributed by atoms with van der Waals surface area (Å²) in [5.41, 5.74) is 7.04. The Hall–Kier alpha value is -1.30. The Morgan fingerprint density at radius 3 is 2.62 bits per heavy atom. The van der Waals surface area contributed by atoms with Gasteiger partial charge >= 0.3 is 0 Å². The third-order valence-corrected chi connectivity index (χ3v) is 4.93. The van der Waals surface area contributed by atoms with Crippen LogP contribution in [0.2, 0.25) is 0 Å². The molecule has 0 saturated carbocycles. The molecular weight excluding hydrogens is 356 g/mol. The summed E-state index contributed by atoms with van der Waals surface area (Å²) >= 11 is 4.75. The van der Waals surface area contributed by atoms with Crippen LogP contribution < -0.4 is 5.73 Å². The van der Waals surface area contributed by atoms with E-state index in [4.69, 9.17) is 5.73 Å². The number of fused-ring (bicyclic) bond motifs is 1. The predicted molar refractivity (Wildman–Crippen MR) is 86.5 cm³/mol. The van der Waals surface area contributed by atoms with Gasteiger partial charge < -0.3 is 5.73 Å². The first-order valence-corrected chi connectivity index (χ1v) is 8.02. The van der Waals surface area contributed by atoms with Crippen molar-refractivity contribution >= 4 is 37.4 Å². The number of rotatable bonds is 3. The van der Waals surface area contributed by atoms with Crippen molar-refractivity contribution < 1.29 is 8.78 Å². The molecule has 0 bridgehead atoms. The van der Waals surface area contributed by atoms with Crippen molar-refractivity contribution in [3.05, 3.63) is 69.0 Å². The van der Waals surface area contributed by atoms with Crippen molar-refractivity contribution in [2.75, 3.05) is 0 Å². The van der Waals surface area contributed by atoms with Gasteiger partial charge in [0.05, 0.1) is 0 Å². The van der Waals surface area contributed by atoms with Crippen LogP contribution in [0.25, 0.3) is 10.1 Å². The van der Waals surface area contributed by atoms with E-state index in [9.17, 15) is 8.78 Å². The minimum absolute atomic E-state index is 0.237. The number of halogens is 3. The summed E-state index contributed by atoms with van der Waals surface area (Å²) in [4.78, 5) is 0.969. The first-order chi connectivity index (χ1) is 10.0. The minimum atomic E-state index is -0.287. The second kappa shape index (κ2) is 5.83. The van der Waals surface area contributed by atoms with Crippen LogP contribution in [0, 0.1) is 11.6 Å². The minimum Gasteiger partial charge on any atom is -0.323 e. The second-order valence-corrected chi connectivity index (χ2v) is 6.95. The molecule has 1 unspecified atom stereocenters. The van der Waals surface area contributed by atoms with E-state index in [0.29, 0.717) is 10.9 Å². The molecule has 0 spiro atoms. The maximum Gasteiger partial charge on any atom is 0.124 e. The number of thiophene rings is 1. The first kappa shape index (κ1) is 14.6. The predicted octanol–water partition coefficient (Wildman–Crippen LogP) is 5.18. The molecule has 0 aliphatic carbocycles. The molecule has 21 heavy (non-hydrogen) atoms. The third-order valence-electron chi connectivity index (χ3n) is 3.24. The second-order valence-electron chi connectivity index (χ2n) is 4.92. The summed E-state index contributed by atoms with van der Waals surface area (Å²) in [6.45, 7) is 0. The highest BCUT2D eigenvalue weighted by Crippen LogP contribution is 2.31. The maximum atomic E-state index is 13.4. The molecule has 2 aromatic carbocycles. The summed E-state index contributed by atoms with van der Waals surface area (Å²) in [6.07, 6.45) is 0.533. The molecule has 2 N–H and O–H groups in total. The van der Waals surface area contributed by atoms with Gasteiger partial charge in [0, 0.05) is 20.1 Å². The van der Waals surface area contributed by atoms with Gasteiger partial charge in [-0.2, -0.15) is 0 Å². The maximum absolute atomic E-state index is 13.4. The fourth-order valence-electron chi connectivity index (χ4n) is 2.29. The van der Waals surface area contributed by atoms with Crippen molar-refractivity contribution in [3.63, 3.8) is 0 Å². The molecule has 0 amide bonds. The van der Waals surface area contributed by atoms with E-state index in [2.05, 4.69) is 15.9 Å². The Morgan fingerprint density at radius 1 is 1.05 bits per heavy atom. The van der Waals surface area contributed by atoms with E-state index >= 15 is 0 Å². The standard InChI is InChI=1S/C16H12BrF2NS/c17-11-3-9(4-13(19)7-11)5-14(20)16-6-10-1-2-12(18)8-15(10)21-16/h1-4,6-8,14H,5,20H2. The molecule has 108 valence electrons. The van der Waals surface area contributed by atoms with Crippen LogP contribution in [0.1, 0.15) is 16.5 Å². The fraction of sp³-hybridized carbons (Fsp3) is 0.125. The number of hydrogen-bond donors (Lipinski definition) is 1. The molecule has 1 nitrogen and oxygen atoms in total. The topological polar surface area (TPSA) is 26.0 Å². The Bertz CT molecular complexity index is 780. The Kier molecular flexibility index (Phi) is 4.06. The molecule has 0 radical (unpaired) electrons. The molecule has 0 aliphatic rings. The van der Waals surface area contributed by atoms with Crippen LogP contribution in [0.3, 0.4) is 0 Å². The van der Waals surface area contributed by atoms with E-state index < -0.39 is 0 Å². The molecule has 0 saturated heterocycles. The lowest BCUT2D eigenvalue weighted by Crippen LogP contribution is -2.11. The van der Waals surface area contributed by atoms with Crippen LogP contribution in [0.4, 0.5) is 8.78 Å². The molecule has 3 aromatic rings. The molecule has 1 heterocycles. The highest BCUT2D eigenvalue weighted by molar-refractivity contribution is 9.10. The summed E-state index contributed by atoms with van der Waals surface area (Å²) in [7, 11) is 0. The zero-order chi connectivity index (χ0) is 15.0. The SMILES string of the molecule is NC(Cc1cc(F)cc(Br)c1)c1cc2ccc(F)cc2s1. The van der Waals surface area contributed by atoms with Gasteiger partial charge in [-0.3, -0.25) is 0 Å². The molecular formula is C16H12BrF2NS. The van der Waals surface area contributed by atoms with Crippen LogP contribution in [0.15, 0.2) is 46.9 Å². The molecule has 5 heteroatoms. The summed E-state index contributed by atoms with van der Waals surface area (Å²) in [5, 5.41) is 0.979. The van der Waals surface area contributed by atoms with Crippen LogP contribution >= 0.6 is 27.3 Å². The molecule has 0 aliphatic heterocycles. The van der Waals surface area contributed by atoms with Crippen molar-refractivity contribution in [2.45, 2.75) is 12.5 Å². The fourth-order valence-corrected chi connectivity index (χ4v) is 3.90. The molecule has 0 fully saturated rings. The molecule has 3 rings (SSSR count). The Labute approximate surface area is 133 Å². The van der Waals surface area contributed by atoms with Gasteiger partial charge in [0.1, 0.15) is 11.6 Å². The highest BCUT2D eigenvalue weighted by atomic mass is 79.9. The zero-order valence-electron chi connectivity index (χ0n) is 10.9. The van der Waals surface area contributed by atoms with Crippen LogP contribution in [-0.2, 0) is 6.42 Å². The van der Waals surface area contributed by atoms with E-state index in [-0.39, 0.29) is 17.7 Å². The smallest absolute Gasteiger partial charge is 0.124 e. The van der Waals surface area contributed by atoms with E-state index in [1.807, 2.05) is 12.1 Å². The van der Waals surface area contributed by atoms with Crippen molar-refractivity contribution in [1.29, 1.82) is 0 Å². The van der Waals surface area contributed by atoms with Crippen molar-refractivity contribution in [2.24, 2.45) is 5.73 Å². The van der Waals surface area contributed by atoms with Gasteiger partial charge in [0.25, 0.3) is 0 Å². The van der Waals surface area contributed by atoms with Crippen molar-refractivity contribution in [3.8, 4) is 0 Å². The van der Waals surface area contributed by atoms with Gasteiger partial charge in [-0.25, -0.2) is 8.78 Å². The lowest BCUT2D eigenvalue weighted by Gasteiger charge is -2.10. The largest absolute Gasteiger partial charge is 0.323 e. The number of nitrogens with two attached hydrogens (primary N) is 1. The summed E-state index contributed by atoms with van der Waals surface area (Å²) < 4.78 is 28.2. The van der Waals surface area contributed by atoms with Crippen molar-refractivity contribution in [1.82, 2.24) is 0 Å². The molecule has 1 aromatic heterocycles. The molecule has 1 atom stereocenters. The Morgan fingerprint density at radius 2 is 1.86 bits per heavy atom. The average molecular weight is 368 g/mol. The number of benzene rings is 2. The third kappa shape index (κ3) is 3.31. The number of hydrogen-bond acceptors (Lipinski definition) is 2. The van der Waals surface area contributed by atoms with E-state index in [1.165, 1.54) is 35.6 Å². The van der Waals surface area contributed by atoms with Gasteiger partial charge in [-0.1, -0.05) is 22.0 Å². The van der Waals surface area contributed by atoms with Crippen LogP contribution in [0.5, 0.6) is 0 Å². The summed E-state index contributed by atoms with van der Waals surface area (Å²) in [6, 6.07) is 11.2. The summed E-state index contributed by atoms with van der Waals surface area (Å²) in [5.74, 6) is -0.538. The lowest BCUT2D eigenvalue weighted by atomic mass is 10.0. The average Bonchev–Trinajstić information content (AvgIpc) is 2.80. The highest BCUT2D eigenvalue weighted by Gasteiger charge is 2.12. The van der Waals surface area contributed by atoms with E-state index in [0.717, 1.165) is 20.5 Å². The van der Waals surface area contributed by atoms with Crippen LogP contribution in [-0.4, -0.2) is 0 Å². The lowest BCUT2D eigenvalue weighted by molar-refractivity contribution is 0.621. The van der Waals surface area contributed by atoms with Gasteiger partial charge in [-0.15, -0.1) is 11.3 Å². The van der Waals surface area contributed by atoms with E-state index in [1.54, 1.807) is 6.07 Å². The Balaban J connectivity index is 1.87. The van der Waals surface area contributed by atoms with Gasteiger partial charge in [0.2, 0.25) is 0 Å². The monoisotopic (exact) mass is 367 g/mol. The van der Waals surface area contributed by atoms with Gasteiger partial charge in [0.15, 0.2) is 0 Å². The van der Waals surface area contributed by atoms with Gasteiger partial charge in [-0.05, 0) is 53.8 Å².